The van der Waals surface area contributed by atoms with Gasteiger partial charge < -0.3 is 0 Å². The van der Waals surface area contributed by atoms with Gasteiger partial charge in [-0.1, -0.05) is 11.8 Å². The van der Waals surface area contributed by atoms with E-state index in [4.69, 9.17) is 0 Å². The van der Waals surface area contributed by atoms with Crippen LogP contribution in [0.4, 0.5) is 22.0 Å². The Bertz CT molecular complexity index is 205. The normalized spacial score (nSPS) is 25.7. The highest BCUT2D eigenvalue weighted by Crippen LogP contribution is 2.48. The molecule has 0 bridgehead atoms. The van der Waals surface area contributed by atoms with Gasteiger partial charge in [-0.15, -0.1) is 0 Å². The molecule has 84 valence electrons. The molecule has 14 heavy (non-hydrogen) atoms. The first-order chi connectivity index (χ1) is 6.24. The number of halogens is 5. The maximum atomic E-state index is 12.6. The highest BCUT2D eigenvalue weighted by atomic mass is 32.2. The Hall–Kier alpha value is -0.0400. The van der Waals surface area contributed by atoms with E-state index in [-0.39, 0.29) is 11.8 Å². The zero-order valence-corrected chi connectivity index (χ0v) is 8.26. The SMILES string of the molecule is CN1CCC[C@@H]1SC(F)(F)C(F)(F)F. The van der Waals surface area contributed by atoms with Gasteiger partial charge in [0.15, 0.2) is 0 Å². The van der Waals surface area contributed by atoms with Crippen molar-refractivity contribution in [1.29, 1.82) is 0 Å². The minimum Gasteiger partial charge on any atom is -0.294 e. The van der Waals surface area contributed by atoms with Gasteiger partial charge in [0.05, 0.1) is 5.37 Å². The highest BCUT2D eigenvalue weighted by Gasteiger charge is 2.59. The van der Waals surface area contributed by atoms with Gasteiger partial charge in [0.25, 0.3) is 0 Å². The Balaban J connectivity index is 2.58. The summed E-state index contributed by atoms with van der Waals surface area (Å²) in [6, 6.07) is 0. The zero-order valence-electron chi connectivity index (χ0n) is 7.44. The average Bonchev–Trinajstić information content (AvgIpc) is 2.33. The highest BCUT2D eigenvalue weighted by molar-refractivity contribution is 8.00. The lowest BCUT2D eigenvalue weighted by Gasteiger charge is -2.25. The van der Waals surface area contributed by atoms with Crippen molar-refractivity contribution in [2.24, 2.45) is 0 Å². The van der Waals surface area contributed by atoms with Crippen molar-refractivity contribution in [2.75, 3.05) is 13.6 Å². The van der Waals surface area contributed by atoms with Crippen molar-refractivity contribution in [1.82, 2.24) is 4.90 Å². The van der Waals surface area contributed by atoms with E-state index in [0.717, 1.165) is 0 Å². The summed E-state index contributed by atoms with van der Waals surface area (Å²) in [5.74, 6) is 0. The second-order valence-electron chi connectivity index (χ2n) is 3.21. The van der Waals surface area contributed by atoms with Gasteiger partial charge in [-0.2, -0.15) is 22.0 Å². The topological polar surface area (TPSA) is 3.24 Å². The van der Waals surface area contributed by atoms with E-state index in [9.17, 15) is 22.0 Å². The molecule has 1 rings (SSSR count). The molecule has 1 atom stereocenters. The number of nitrogens with zero attached hydrogens (tertiary/aromatic N) is 1. The molecule has 0 aromatic heterocycles. The van der Waals surface area contributed by atoms with E-state index in [1.54, 1.807) is 7.05 Å². The van der Waals surface area contributed by atoms with E-state index in [0.29, 0.717) is 19.4 Å². The first-order valence-corrected chi connectivity index (χ1v) is 4.94. The lowest BCUT2D eigenvalue weighted by Crippen LogP contribution is -2.37. The Morgan fingerprint density at radius 2 is 1.79 bits per heavy atom. The van der Waals surface area contributed by atoms with Crippen molar-refractivity contribution in [3.05, 3.63) is 0 Å². The van der Waals surface area contributed by atoms with Gasteiger partial charge >= 0.3 is 11.4 Å². The standard InChI is InChI=1S/C7H10F5NS/c1-13-4-2-3-5(13)14-7(11,12)6(8,9)10/h5H,2-4H2,1H3/t5-/m0/s1. The van der Waals surface area contributed by atoms with Crippen molar-refractivity contribution in [3.63, 3.8) is 0 Å². The molecule has 0 unspecified atom stereocenters. The first-order valence-electron chi connectivity index (χ1n) is 4.06. The predicted molar refractivity (Wildman–Crippen MR) is 44.2 cm³/mol. The van der Waals surface area contributed by atoms with Crippen molar-refractivity contribution >= 4 is 11.8 Å². The van der Waals surface area contributed by atoms with Gasteiger partial charge in [0.1, 0.15) is 0 Å². The molecular formula is C7H10F5NS. The van der Waals surface area contributed by atoms with Crippen LogP contribution < -0.4 is 0 Å². The molecule has 0 saturated carbocycles. The Kier molecular flexibility index (Phi) is 3.30. The molecule has 1 heterocycles. The molecule has 0 spiro atoms. The fourth-order valence-corrected chi connectivity index (χ4v) is 2.31. The van der Waals surface area contributed by atoms with Crippen LogP contribution in [-0.2, 0) is 0 Å². The number of thioether (sulfide) groups is 1. The van der Waals surface area contributed by atoms with Crippen molar-refractivity contribution in [3.8, 4) is 0 Å². The fraction of sp³-hybridized carbons (Fsp3) is 1.00. The third-order valence-electron chi connectivity index (χ3n) is 2.07. The summed E-state index contributed by atoms with van der Waals surface area (Å²) in [6.45, 7) is 0.575. The second-order valence-corrected chi connectivity index (χ2v) is 4.50. The average molecular weight is 235 g/mol. The number of hydrogen-bond acceptors (Lipinski definition) is 2. The third-order valence-corrected chi connectivity index (χ3v) is 3.46. The molecule has 1 aliphatic rings. The Morgan fingerprint density at radius 3 is 2.14 bits per heavy atom. The summed E-state index contributed by atoms with van der Waals surface area (Å²) in [5, 5.41) is -5.37. The second kappa shape index (κ2) is 3.84. The van der Waals surface area contributed by atoms with Gasteiger partial charge in [-0.25, -0.2) is 0 Å². The largest absolute Gasteiger partial charge is 0.464 e. The first kappa shape index (κ1) is 12.0. The van der Waals surface area contributed by atoms with Crippen molar-refractivity contribution in [2.45, 2.75) is 29.6 Å². The summed E-state index contributed by atoms with van der Waals surface area (Å²) >= 11 is -0.308. The minimum absolute atomic E-state index is 0.308. The van der Waals surface area contributed by atoms with Crippen LogP contribution in [-0.4, -0.2) is 35.3 Å². The third kappa shape index (κ3) is 2.50. The van der Waals surface area contributed by atoms with Crippen LogP contribution in [0.2, 0.25) is 0 Å². The number of hydrogen-bond donors (Lipinski definition) is 0. The molecule has 7 heteroatoms. The molecule has 1 fully saturated rings. The van der Waals surface area contributed by atoms with Crippen LogP contribution in [0.3, 0.4) is 0 Å². The summed E-state index contributed by atoms with van der Waals surface area (Å²) in [4.78, 5) is 1.52. The monoisotopic (exact) mass is 235 g/mol. The predicted octanol–water partition coefficient (Wildman–Crippen LogP) is 2.93. The molecular weight excluding hydrogens is 225 g/mol. The lowest BCUT2D eigenvalue weighted by atomic mass is 10.4. The van der Waals surface area contributed by atoms with Crippen LogP contribution >= 0.6 is 11.8 Å². The van der Waals surface area contributed by atoms with Gasteiger partial charge in [-0.05, 0) is 26.4 Å². The van der Waals surface area contributed by atoms with E-state index in [1.165, 1.54) is 4.90 Å². The van der Waals surface area contributed by atoms with Crippen LogP contribution in [0.1, 0.15) is 12.8 Å². The minimum atomic E-state index is -5.46. The lowest BCUT2D eigenvalue weighted by molar-refractivity contribution is -0.238. The maximum absolute atomic E-state index is 12.6. The van der Waals surface area contributed by atoms with E-state index >= 15 is 0 Å². The molecule has 1 nitrogen and oxygen atoms in total. The van der Waals surface area contributed by atoms with E-state index in [2.05, 4.69) is 0 Å². The number of rotatable bonds is 2. The molecule has 1 saturated heterocycles. The molecule has 0 aliphatic carbocycles. The van der Waals surface area contributed by atoms with Gasteiger partial charge in [0, 0.05) is 0 Å². The van der Waals surface area contributed by atoms with E-state index in [1.807, 2.05) is 0 Å². The molecule has 0 N–H and O–H groups in total. The smallest absolute Gasteiger partial charge is 0.294 e. The Labute approximate surface area is 82.6 Å². The molecule has 1 aliphatic heterocycles. The molecule has 0 aromatic carbocycles. The Morgan fingerprint density at radius 1 is 1.21 bits per heavy atom. The van der Waals surface area contributed by atoms with Crippen LogP contribution in [0, 0.1) is 0 Å². The van der Waals surface area contributed by atoms with E-state index < -0.39 is 16.8 Å². The van der Waals surface area contributed by atoms with Crippen molar-refractivity contribution < 1.29 is 22.0 Å². The summed E-state index contributed by atoms with van der Waals surface area (Å²) in [7, 11) is 1.55. The molecule has 0 amide bonds. The fourth-order valence-electron chi connectivity index (χ4n) is 1.27. The maximum Gasteiger partial charge on any atom is 0.464 e. The van der Waals surface area contributed by atoms with Crippen LogP contribution in [0.15, 0.2) is 0 Å². The summed E-state index contributed by atoms with van der Waals surface area (Å²) in [5.41, 5.74) is 0. The number of alkyl halides is 5. The molecule has 0 aromatic rings. The number of likely N-dealkylation sites (tertiary alicyclic amines) is 1. The summed E-state index contributed by atoms with van der Waals surface area (Å²) in [6.07, 6.45) is -4.41. The zero-order chi connectivity index (χ0) is 11.0. The molecule has 0 radical (unpaired) electrons. The van der Waals surface area contributed by atoms with Crippen LogP contribution in [0.5, 0.6) is 0 Å². The van der Waals surface area contributed by atoms with Gasteiger partial charge in [0.2, 0.25) is 0 Å². The van der Waals surface area contributed by atoms with Crippen LogP contribution in [0.25, 0.3) is 0 Å². The quantitative estimate of drug-likeness (QED) is 0.677. The van der Waals surface area contributed by atoms with Gasteiger partial charge in [-0.3, -0.25) is 4.90 Å². The summed E-state index contributed by atoms with van der Waals surface area (Å²) < 4.78 is 60.6.